The smallest absolute Gasteiger partial charge is 0.240 e. The zero-order valence-electron chi connectivity index (χ0n) is 31.5. The highest BCUT2D eigenvalue weighted by molar-refractivity contribution is 7.89. The number of benzene rings is 2. The highest BCUT2D eigenvalue weighted by Gasteiger charge is 2.41. The van der Waals surface area contributed by atoms with E-state index >= 15 is 0 Å². The van der Waals surface area contributed by atoms with Gasteiger partial charge in [0.15, 0.2) is 0 Å². The van der Waals surface area contributed by atoms with Gasteiger partial charge in [-0.05, 0) is 87.1 Å². The lowest BCUT2D eigenvalue weighted by Gasteiger charge is -2.40. The van der Waals surface area contributed by atoms with Crippen molar-refractivity contribution in [1.29, 1.82) is 0 Å². The van der Waals surface area contributed by atoms with Crippen molar-refractivity contribution in [3.8, 4) is 0 Å². The summed E-state index contributed by atoms with van der Waals surface area (Å²) in [4.78, 5) is 0.318. The Bertz CT molecular complexity index is 1440. The summed E-state index contributed by atoms with van der Waals surface area (Å²) in [5, 5.41) is 22.9. The summed E-state index contributed by atoms with van der Waals surface area (Å²) in [5.41, 5.74) is -2.19. The van der Waals surface area contributed by atoms with E-state index in [0.29, 0.717) is 22.9 Å². The van der Waals surface area contributed by atoms with Crippen LogP contribution in [0.25, 0.3) is 0 Å². The largest absolute Gasteiger partial charge is 0.389 e. The van der Waals surface area contributed by atoms with Crippen molar-refractivity contribution >= 4 is 43.2 Å². The molecule has 0 bridgehead atoms. The van der Waals surface area contributed by atoms with Gasteiger partial charge in [-0.3, -0.25) is 0 Å². The van der Waals surface area contributed by atoms with Crippen LogP contribution < -0.4 is 9.44 Å². The minimum Gasteiger partial charge on any atom is -0.389 e. The maximum absolute atomic E-state index is 13.1. The Balaban J connectivity index is 0.000000542. The Morgan fingerprint density at radius 3 is 1.26 bits per heavy atom. The summed E-state index contributed by atoms with van der Waals surface area (Å²) in [6.45, 7) is 15.5. The van der Waals surface area contributed by atoms with E-state index in [-0.39, 0.29) is 21.6 Å². The standard InChI is InChI=1S/C24H42ClNO3S.C14H22ClNO3S/c1-5-8-10-12-18-24(27,19-13-11-9-6-2)23(20(4)7-3)26-30(28,29)22-16-14-21(25)15-17-22;1-5-10(2)13(14(3,4)17)16-20(18,19)12-8-6-11(15)7-9-12/h14-17,20,23,26-27H,5-13,18-19H2,1-4H3;6-10,13,16-17H,5H2,1-4H3/t20-,23-;10-,13-/m00/s1. The molecule has 0 heterocycles. The first kappa shape index (κ1) is 46.8. The molecule has 0 amide bonds. The number of rotatable bonds is 22. The molecule has 4 N–H and O–H groups in total. The molecule has 0 aliphatic rings. The second-order valence-corrected chi connectivity index (χ2v) is 18.6. The molecule has 50 heavy (non-hydrogen) atoms. The lowest BCUT2D eigenvalue weighted by molar-refractivity contribution is -0.0280. The lowest BCUT2D eigenvalue weighted by Crippen LogP contribution is -2.56. The molecule has 0 saturated carbocycles. The molecular weight excluding hydrogens is 715 g/mol. The molecule has 12 heteroatoms. The van der Waals surface area contributed by atoms with Gasteiger partial charge in [-0.15, -0.1) is 0 Å². The average Bonchev–Trinajstić information content (AvgIpc) is 3.06. The number of aliphatic hydroxyl groups is 2. The molecule has 0 aliphatic carbocycles. The van der Waals surface area contributed by atoms with Gasteiger partial charge in [0.05, 0.1) is 33.1 Å². The number of halogens is 2. The highest BCUT2D eigenvalue weighted by Crippen LogP contribution is 2.33. The second-order valence-electron chi connectivity index (χ2n) is 14.3. The van der Waals surface area contributed by atoms with E-state index in [2.05, 4.69) is 23.3 Å². The van der Waals surface area contributed by atoms with E-state index < -0.39 is 43.3 Å². The quantitative estimate of drug-likeness (QED) is 0.0881. The Morgan fingerprint density at radius 2 is 0.940 bits per heavy atom. The van der Waals surface area contributed by atoms with E-state index in [0.717, 1.165) is 64.2 Å². The zero-order chi connectivity index (χ0) is 38.2. The summed E-state index contributed by atoms with van der Waals surface area (Å²) in [6, 6.07) is 11.0. The molecular formula is C38H64Cl2N2O6S2. The highest BCUT2D eigenvalue weighted by atomic mass is 35.5. The van der Waals surface area contributed by atoms with Crippen molar-refractivity contribution in [3.05, 3.63) is 58.6 Å². The monoisotopic (exact) mass is 778 g/mol. The lowest BCUT2D eigenvalue weighted by atomic mass is 9.78. The van der Waals surface area contributed by atoms with Crippen molar-refractivity contribution < 1.29 is 27.0 Å². The fraction of sp³-hybridized carbons (Fsp3) is 0.684. The Hall–Kier alpha value is -1.24. The molecule has 0 unspecified atom stereocenters. The van der Waals surface area contributed by atoms with Gasteiger partial charge in [0, 0.05) is 10.0 Å². The number of sulfonamides is 2. The zero-order valence-corrected chi connectivity index (χ0v) is 34.7. The summed E-state index contributed by atoms with van der Waals surface area (Å²) in [5.74, 6) is 0.0338. The third-order valence-corrected chi connectivity index (χ3v) is 12.9. The van der Waals surface area contributed by atoms with Crippen LogP contribution in [0.5, 0.6) is 0 Å². The van der Waals surface area contributed by atoms with E-state index in [1.165, 1.54) is 36.4 Å². The van der Waals surface area contributed by atoms with Crippen LogP contribution >= 0.6 is 23.2 Å². The molecule has 2 aromatic rings. The number of nitrogens with one attached hydrogen (secondary N) is 2. The third-order valence-electron chi connectivity index (χ3n) is 9.50. The van der Waals surface area contributed by atoms with Crippen LogP contribution in [0, 0.1) is 11.8 Å². The summed E-state index contributed by atoms with van der Waals surface area (Å²) < 4.78 is 56.4. The molecule has 2 aromatic carbocycles. The summed E-state index contributed by atoms with van der Waals surface area (Å²) in [7, 11) is -7.44. The van der Waals surface area contributed by atoms with Gasteiger partial charge in [-0.2, -0.15) is 0 Å². The van der Waals surface area contributed by atoms with E-state index in [1.807, 2.05) is 27.7 Å². The van der Waals surface area contributed by atoms with Gasteiger partial charge < -0.3 is 10.2 Å². The van der Waals surface area contributed by atoms with Crippen molar-refractivity contribution in [2.45, 2.75) is 166 Å². The number of hydrogen-bond donors (Lipinski definition) is 4. The fourth-order valence-corrected chi connectivity index (χ4v) is 9.19. The van der Waals surface area contributed by atoms with Crippen molar-refractivity contribution in [1.82, 2.24) is 9.44 Å². The SMILES string of the molecule is CCCCCCC(O)(CCCCCC)[C@@H](NS(=O)(=O)c1ccc(Cl)cc1)[C@@H](C)CC.CC[C@H](C)[C@H](NS(=O)(=O)c1ccc(Cl)cc1)C(C)(C)O. The summed E-state index contributed by atoms with van der Waals surface area (Å²) >= 11 is 11.7. The van der Waals surface area contributed by atoms with Crippen LogP contribution in [-0.2, 0) is 20.0 Å². The molecule has 0 aliphatic heterocycles. The Kier molecular flexibility index (Phi) is 20.7. The van der Waals surface area contributed by atoms with Crippen LogP contribution in [0.15, 0.2) is 58.3 Å². The van der Waals surface area contributed by atoms with Crippen LogP contribution in [0.3, 0.4) is 0 Å². The molecule has 8 nitrogen and oxygen atoms in total. The molecule has 0 aromatic heterocycles. The second kappa shape index (κ2) is 22.1. The molecule has 288 valence electrons. The topological polar surface area (TPSA) is 133 Å². The maximum atomic E-state index is 13.1. The minimum atomic E-state index is -3.75. The van der Waals surface area contributed by atoms with Gasteiger partial charge >= 0.3 is 0 Å². The van der Waals surface area contributed by atoms with Crippen LogP contribution in [-0.4, -0.2) is 50.3 Å². The first-order chi connectivity index (χ1) is 23.3. The maximum Gasteiger partial charge on any atom is 0.240 e. The molecule has 4 atom stereocenters. The van der Waals surface area contributed by atoms with Crippen molar-refractivity contribution in [2.24, 2.45) is 11.8 Å². The first-order valence-corrected chi connectivity index (χ1v) is 22.0. The van der Waals surface area contributed by atoms with Gasteiger partial charge in [0.2, 0.25) is 20.0 Å². The predicted molar refractivity (Wildman–Crippen MR) is 209 cm³/mol. The third kappa shape index (κ3) is 15.8. The summed E-state index contributed by atoms with van der Waals surface area (Å²) in [6.07, 6.45) is 11.3. The Morgan fingerprint density at radius 1 is 0.600 bits per heavy atom. The average molecular weight is 780 g/mol. The van der Waals surface area contributed by atoms with E-state index in [4.69, 9.17) is 23.2 Å². The predicted octanol–water partition coefficient (Wildman–Crippen LogP) is 9.51. The van der Waals surface area contributed by atoms with E-state index in [9.17, 15) is 27.0 Å². The number of unbranched alkanes of at least 4 members (excludes halogenated alkanes) is 6. The molecule has 0 spiro atoms. The minimum absolute atomic E-state index is 0.0112. The van der Waals surface area contributed by atoms with Gasteiger partial charge in [0.25, 0.3) is 0 Å². The normalized spacial score (nSPS) is 15.1. The fourth-order valence-electron chi connectivity index (χ4n) is 6.03. The molecule has 0 radical (unpaired) electrons. The number of hydrogen-bond acceptors (Lipinski definition) is 6. The van der Waals surface area contributed by atoms with Crippen LogP contribution in [0.4, 0.5) is 0 Å². The van der Waals surface area contributed by atoms with Gasteiger partial charge in [-0.1, -0.05) is 129 Å². The van der Waals surface area contributed by atoms with Crippen molar-refractivity contribution in [2.75, 3.05) is 0 Å². The molecule has 0 fully saturated rings. The van der Waals surface area contributed by atoms with Crippen LogP contribution in [0.2, 0.25) is 10.0 Å². The van der Waals surface area contributed by atoms with Crippen LogP contribution in [0.1, 0.15) is 132 Å². The molecule has 2 rings (SSSR count). The van der Waals surface area contributed by atoms with E-state index in [1.54, 1.807) is 26.0 Å². The van der Waals surface area contributed by atoms with Crippen molar-refractivity contribution in [3.63, 3.8) is 0 Å². The van der Waals surface area contributed by atoms with Gasteiger partial charge in [-0.25, -0.2) is 26.3 Å². The Labute approximate surface area is 314 Å². The first-order valence-electron chi connectivity index (χ1n) is 18.3. The molecule has 0 saturated heterocycles. The van der Waals surface area contributed by atoms with Gasteiger partial charge in [0.1, 0.15) is 0 Å².